The second-order valence-corrected chi connectivity index (χ2v) is 8.45. The number of rotatable bonds is 6. The summed E-state index contributed by atoms with van der Waals surface area (Å²) in [6, 6.07) is 4.44. The van der Waals surface area contributed by atoms with Gasteiger partial charge in [-0.25, -0.2) is 13.1 Å². The number of hydrogen-bond acceptors (Lipinski definition) is 3. The van der Waals surface area contributed by atoms with Crippen LogP contribution in [0.4, 0.5) is 0 Å². The topological polar surface area (TPSA) is 49.4 Å². The van der Waals surface area contributed by atoms with Crippen LogP contribution in [0.1, 0.15) is 26.2 Å². The molecule has 1 N–H and O–H groups in total. The third-order valence-electron chi connectivity index (χ3n) is 3.87. The van der Waals surface area contributed by atoms with Gasteiger partial charge in [-0.1, -0.05) is 30.1 Å². The number of likely N-dealkylation sites (tertiary alicyclic amines) is 1. The molecule has 4 nitrogen and oxygen atoms in total. The number of hydrogen-bond donors (Lipinski definition) is 1. The summed E-state index contributed by atoms with van der Waals surface area (Å²) in [5, 5.41) is 0.536. The standard InChI is InChI=1S/C15H22Cl2N2O2S/c1-12-4-2-8-19(11-12)9-3-7-18-22(20,21)15-10-13(16)5-6-14(15)17/h5-6,10,12,18H,2-4,7-9,11H2,1H3/t12-/m1/s1. The van der Waals surface area contributed by atoms with Crippen LogP contribution in [0.15, 0.2) is 23.1 Å². The molecule has 0 radical (unpaired) electrons. The van der Waals surface area contributed by atoms with Crippen molar-refractivity contribution in [3.05, 3.63) is 28.2 Å². The van der Waals surface area contributed by atoms with Gasteiger partial charge in [0.05, 0.1) is 5.02 Å². The monoisotopic (exact) mass is 364 g/mol. The molecule has 124 valence electrons. The molecule has 0 unspecified atom stereocenters. The maximum absolute atomic E-state index is 12.2. The Balaban J connectivity index is 1.84. The van der Waals surface area contributed by atoms with Gasteiger partial charge in [0.25, 0.3) is 0 Å². The van der Waals surface area contributed by atoms with Crippen LogP contribution in [0.2, 0.25) is 10.0 Å². The van der Waals surface area contributed by atoms with Crippen LogP contribution < -0.4 is 4.72 Å². The minimum atomic E-state index is -3.61. The average molecular weight is 365 g/mol. The van der Waals surface area contributed by atoms with E-state index in [2.05, 4.69) is 16.5 Å². The van der Waals surface area contributed by atoms with E-state index >= 15 is 0 Å². The maximum atomic E-state index is 12.2. The maximum Gasteiger partial charge on any atom is 0.242 e. The molecule has 2 rings (SSSR count). The lowest BCUT2D eigenvalue weighted by Gasteiger charge is -2.30. The normalized spacial score (nSPS) is 20.2. The van der Waals surface area contributed by atoms with Crippen molar-refractivity contribution < 1.29 is 8.42 Å². The van der Waals surface area contributed by atoms with Gasteiger partial charge in [0.2, 0.25) is 10.0 Å². The Kier molecular flexibility index (Phi) is 6.53. The van der Waals surface area contributed by atoms with Gasteiger partial charge in [-0.15, -0.1) is 0 Å². The van der Waals surface area contributed by atoms with Crippen molar-refractivity contribution in [3.8, 4) is 0 Å². The first-order valence-electron chi connectivity index (χ1n) is 7.55. The molecule has 1 aliphatic heterocycles. The SMILES string of the molecule is C[C@@H]1CCCN(CCCNS(=O)(=O)c2cc(Cl)ccc2Cl)C1. The van der Waals surface area contributed by atoms with Crippen LogP contribution in [-0.4, -0.2) is 39.5 Å². The van der Waals surface area contributed by atoms with E-state index in [1.165, 1.54) is 25.0 Å². The van der Waals surface area contributed by atoms with Crippen LogP contribution in [0.25, 0.3) is 0 Å². The molecule has 0 aromatic heterocycles. The van der Waals surface area contributed by atoms with Crippen LogP contribution in [0.3, 0.4) is 0 Å². The molecule has 22 heavy (non-hydrogen) atoms. The van der Waals surface area contributed by atoms with E-state index in [1.807, 2.05) is 0 Å². The van der Waals surface area contributed by atoms with Crippen LogP contribution in [0.5, 0.6) is 0 Å². The summed E-state index contributed by atoms with van der Waals surface area (Å²) in [5.41, 5.74) is 0. The molecule has 0 spiro atoms. The second kappa shape index (κ2) is 7.97. The zero-order valence-corrected chi connectivity index (χ0v) is 15.0. The molecule has 1 aromatic rings. The van der Waals surface area contributed by atoms with Gasteiger partial charge in [-0.3, -0.25) is 0 Å². The number of nitrogens with one attached hydrogen (secondary N) is 1. The molecule has 1 aromatic carbocycles. The van der Waals surface area contributed by atoms with Crippen molar-refractivity contribution in [1.29, 1.82) is 0 Å². The number of halogens is 2. The van der Waals surface area contributed by atoms with E-state index in [-0.39, 0.29) is 9.92 Å². The fourth-order valence-electron chi connectivity index (χ4n) is 2.76. The molecule has 0 amide bonds. The Morgan fingerprint density at radius 2 is 2.14 bits per heavy atom. The van der Waals surface area contributed by atoms with Gasteiger partial charge in [0, 0.05) is 18.1 Å². The van der Waals surface area contributed by atoms with Crippen molar-refractivity contribution in [2.75, 3.05) is 26.2 Å². The minimum Gasteiger partial charge on any atom is -0.303 e. The Morgan fingerprint density at radius 3 is 2.86 bits per heavy atom. The molecule has 0 aliphatic carbocycles. The average Bonchev–Trinajstić information content (AvgIpc) is 2.46. The molecule has 0 saturated carbocycles. The first kappa shape index (κ1) is 18.0. The summed E-state index contributed by atoms with van der Waals surface area (Å²) in [6.45, 7) is 5.78. The molecule has 1 atom stereocenters. The summed E-state index contributed by atoms with van der Waals surface area (Å²) < 4.78 is 27.1. The van der Waals surface area contributed by atoms with Crippen molar-refractivity contribution in [1.82, 2.24) is 9.62 Å². The van der Waals surface area contributed by atoms with E-state index in [9.17, 15) is 8.42 Å². The first-order valence-corrected chi connectivity index (χ1v) is 9.79. The number of benzene rings is 1. The summed E-state index contributed by atoms with van der Waals surface area (Å²) >= 11 is 11.8. The third kappa shape index (κ3) is 5.10. The van der Waals surface area contributed by atoms with E-state index < -0.39 is 10.0 Å². The summed E-state index contributed by atoms with van der Waals surface area (Å²) in [6.07, 6.45) is 3.30. The Bertz CT molecular complexity index is 608. The summed E-state index contributed by atoms with van der Waals surface area (Å²) in [7, 11) is -3.61. The van der Waals surface area contributed by atoms with E-state index in [0.29, 0.717) is 11.6 Å². The van der Waals surface area contributed by atoms with Crippen LogP contribution >= 0.6 is 23.2 Å². The molecular weight excluding hydrogens is 343 g/mol. The lowest BCUT2D eigenvalue weighted by Crippen LogP contribution is -2.36. The van der Waals surface area contributed by atoms with E-state index in [1.54, 1.807) is 6.07 Å². The quantitative estimate of drug-likeness (QED) is 0.787. The first-order chi connectivity index (χ1) is 10.4. The van der Waals surface area contributed by atoms with Crippen LogP contribution in [0, 0.1) is 5.92 Å². The lowest BCUT2D eigenvalue weighted by molar-refractivity contribution is 0.182. The Morgan fingerprint density at radius 1 is 1.36 bits per heavy atom. The fourth-order valence-corrected chi connectivity index (χ4v) is 4.59. The highest BCUT2D eigenvalue weighted by Gasteiger charge is 2.19. The van der Waals surface area contributed by atoms with Gasteiger partial charge in [-0.2, -0.15) is 0 Å². The lowest BCUT2D eigenvalue weighted by atomic mass is 10.0. The summed E-state index contributed by atoms with van der Waals surface area (Å²) in [5.74, 6) is 0.732. The Labute approximate surface area is 142 Å². The second-order valence-electron chi connectivity index (χ2n) is 5.87. The van der Waals surface area contributed by atoms with E-state index in [0.717, 1.165) is 32.0 Å². The van der Waals surface area contributed by atoms with Gasteiger partial charge in [-0.05, 0) is 56.5 Å². The highest BCUT2D eigenvalue weighted by molar-refractivity contribution is 7.89. The predicted octanol–water partition coefficient (Wildman–Crippen LogP) is 3.39. The van der Waals surface area contributed by atoms with Gasteiger partial charge >= 0.3 is 0 Å². The molecule has 1 heterocycles. The number of piperidine rings is 1. The van der Waals surface area contributed by atoms with Gasteiger partial charge in [0.15, 0.2) is 0 Å². The van der Waals surface area contributed by atoms with Crippen molar-refractivity contribution in [2.24, 2.45) is 5.92 Å². The van der Waals surface area contributed by atoms with Crippen molar-refractivity contribution in [2.45, 2.75) is 31.1 Å². The Hall–Kier alpha value is -0.330. The highest BCUT2D eigenvalue weighted by Crippen LogP contribution is 2.24. The number of nitrogens with zero attached hydrogens (tertiary/aromatic N) is 1. The molecule has 7 heteroatoms. The van der Waals surface area contributed by atoms with E-state index in [4.69, 9.17) is 23.2 Å². The minimum absolute atomic E-state index is 0.0354. The highest BCUT2D eigenvalue weighted by atomic mass is 35.5. The zero-order valence-electron chi connectivity index (χ0n) is 12.7. The van der Waals surface area contributed by atoms with Crippen molar-refractivity contribution >= 4 is 33.2 Å². The van der Waals surface area contributed by atoms with Crippen molar-refractivity contribution in [3.63, 3.8) is 0 Å². The van der Waals surface area contributed by atoms with Gasteiger partial charge in [0.1, 0.15) is 4.90 Å². The molecular formula is C15H22Cl2N2O2S. The summed E-state index contributed by atoms with van der Waals surface area (Å²) in [4.78, 5) is 2.43. The van der Waals surface area contributed by atoms with Crippen LogP contribution in [-0.2, 0) is 10.0 Å². The predicted molar refractivity (Wildman–Crippen MR) is 91.1 cm³/mol. The molecule has 0 bridgehead atoms. The third-order valence-corrected chi connectivity index (χ3v) is 6.04. The zero-order chi connectivity index (χ0) is 16.2. The smallest absolute Gasteiger partial charge is 0.242 e. The largest absolute Gasteiger partial charge is 0.303 e. The number of sulfonamides is 1. The molecule has 1 aliphatic rings. The van der Waals surface area contributed by atoms with Gasteiger partial charge < -0.3 is 4.90 Å². The molecule has 1 saturated heterocycles. The molecule has 1 fully saturated rings. The fraction of sp³-hybridized carbons (Fsp3) is 0.600.